The van der Waals surface area contributed by atoms with Crippen molar-refractivity contribution < 1.29 is 36.8 Å². The van der Waals surface area contributed by atoms with Gasteiger partial charge in [0.05, 0.1) is 12.3 Å². The van der Waals surface area contributed by atoms with Gasteiger partial charge in [0.2, 0.25) is 5.91 Å². The maximum Gasteiger partial charge on any atom is 0.334 e. The van der Waals surface area contributed by atoms with Gasteiger partial charge >= 0.3 is 5.97 Å². The van der Waals surface area contributed by atoms with Crippen LogP contribution in [-0.2, 0) is 34.0 Å². The van der Waals surface area contributed by atoms with E-state index in [2.05, 4.69) is 5.32 Å². The third-order valence-electron chi connectivity index (χ3n) is 3.84. The minimum absolute atomic E-state index is 0.0638. The SMILES string of the molecule is COC(C)C(=O)OCCC(CC(=O)Nc1ccccc1S(=O)(=O)O)C(C)=O. The molecule has 1 amide bonds. The van der Waals surface area contributed by atoms with Crippen molar-refractivity contribution in [3.8, 4) is 0 Å². The molecule has 2 N–H and O–H groups in total. The first-order chi connectivity index (χ1) is 12.6. The smallest absolute Gasteiger partial charge is 0.334 e. The summed E-state index contributed by atoms with van der Waals surface area (Å²) >= 11 is 0. The molecular weight excluding hydrogens is 378 g/mol. The molecule has 0 aliphatic heterocycles. The van der Waals surface area contributed by atoms with Crippen LogP contribution in [0.3, 0.4) is 0 Å². The van der Waals surface area contributed by atoms with Crippen molar-refractivity contribution in [2.75, 3.05) is 19.0 Å². The molecule has 2 unspecified atom stereocenters. The highest BCUT2D eigenvalue weighted by Gasteiger charge is 2.22. The lowest BCUT2D eigenvalue weighted by atomic mass is 9.97. The summed E-state index contributed by atoms with van der Waals surface area (Å²) in [7, 11) is -3.15. The minimum Gasteiger partial charge on any atom is -0.464 e. The van der Waals surface area contributed by atoms with Crippen molar-refractivity contribution in [3.05, 3.63) is 24.3 Å². The molecule has 0 aliphatic carbocycles. The Kier molecular flexibility index (Phi) is 8.54. The lowest BCUT2D eigenvalue weighted by Gasteiger charge is -2.15. The maximum absolute atomic E-state index is 12.2. The van der Waals surface area contributed by atoms with Gasteiger partial charge in [0, 0.05) is 19.4 Å². The fourth-order valence-corrected chi connectivity index (χ4v) is 2.83. The summed E-state index contributed by atoms with van der Waals surface area (Å²) in [5.74, 6) is -2.17. The Labute approximate surface area is 157 Å². The molecule has 0 saturated heterocycles. The lowest BCUT2D eigenvalue weighted by molar-refractivity contribution is -0.155. The van der Waals surface area contributed by atoms with Gasteiger partial charge in [-0.1, -0.05) is 12.1 Å². The Morgan fingerprint density at radius 3 is 2.41 bits per heavy atom. The number of rotatable bonds is 10. The zero-order valence-electron chi connectivity index (χ0n) is 15.3. The lowest BCUT2D eigenvalue weighted by Crippen LogP contribution is -2.26. The Bertz CT molecular complexity index is 790. The topological polar surface area (TPSA) is 136 Å². The van der Waals surface area contributed by atoms with Crippen LogP contribution in [0.25, 0.3) is 0 Å². The standard InChI is InChI=1S/C17H23NO8S/c1-11(19)13(8-9-26-17(21)12(2)25-3)10-16(20)18-14-6-4-5-7-15(14)27(22,23)24/h4-7,12-13H,8-10H2,1-3H3,(H,18,20)(H,22,23,24). The van der Waals surface area contributed by atoms with Gasteiger partial charge in [0.25, 0.3) is 10.1 Å². The van der Waals surface area contributed by atoms with Crippen LogP contribution in [0.1, 0.15) is 26.7 Å². The second kappa shape index (κ2) is 10.1. The minimum atomic E-state index is -4.51. The molecule has 0 saturated carbocycles. The second-order valence-corrected chi connectivity index (χ2v) is 7.26. The number of carbonyl (C=O) groups excluding carboxylic acids is 3. The molecular formula is C17H23NO8S. The average Bonchev–Trinajstić information content (AvgIpc) is 2.59. The number of hydrogen-bond acceptors (Lipinski definition) is 7. The Morgan fingerprint density at radius 2 is 1.85 bits per heavy atom. The number of ether oxygens (including phenoxy) is 2. The molecule has 10 heteroatoms. The van der Waals surface area contributed by atoms with E-state index in [1.807, 2.05) is 0 Å². The summed E-state index contributed by atoms with van der Waals surface area (Å²) in [6, 6.07) is 5.34. The van der Waals surface area contributed by atoms with Crippen LogP contribution in [0.2, 0.25) is 0 Å². The number of para-hydroxylation sites is 1. The molecule has 0 heterocycles. The van der Waals surface area contributed by atoms with Crippen molar-refractivity contribution >= 4 is 33.5 Å². The van der Waals surface area contributed by atoms with Crippen molar-refractivity contribution in [3.63, 3.8) is 0 Å². The molecule has 27 heavy (non-hydrogen) atoms. The van der Waals surface area contributed by atoms with Gasteiger partial charge in [-0.05, 0) is 32.4 Å². The number of nitrogens with one attached hydrogen (secondary N) is 1. The molecule has 150 valence electrons. The third-order valence-corrected chi connectivity index (χ3v) is 4.75. The number of anilines is 1. The normalized spacial score (nSPS) is 13.5. The van der Waals surface area contributed by atoms with E-state index in [1.54, 1.807) is 0 Å². The second-order valence-electron chi connectivity index (χ2n) is 5.87. The molecule has 0 spiro atoms. The number of amides is 1. The number of esters is 1. The highest BCUT2D eigenvalue weighted by molar-refractivity contribution is 7.86. The Balaban J connectivity index is 2.70. The summed E-state index contributed by atoms with van der Waals surface area (Å²) in [5, 5.41) is 2.37. The zero-order valence-corrected chi connectivity index (χ0v) is 16.1. The number of benzene rings is 1. The van der Waals surface area contributed by atoms with Crippen molar-refractivity contribution in [2.24, 2.45) is 5.92 Å². The van der Waals surface area contributed by atoms with Crippen LogP contribution in [-0.4, -0.2) is 50.5 Å². The first kappa shape index (κ1) is 22.7. The molecule has 1 aromatic carbocycles. The van der Waals surface area contributed by atoms with Crippen molar-refractivity contribution in [1.29, 1.82) is 0 Å². The quantitative estimate of drug-likeness (QED) is 0.444. The van der Waals surface area contributed by atoms with Crippen LogP contribution in [0.4, 0.5) is 5.69 Å². The molecule has 0 aromatic heterocycles. The van der Waals surface area contributed by atoms with E-state index in [0.717, 1.165) is 6.07 Å². The molecule has 2 atom stereocenters. The highest BCUT2D eigenvalue weighted by Crippen LogP contribution is 2.21. The van der Waals surface area contributed by atoms with E-state index in [1.165, 1.54) is 39.2 Å². The van der Waals surface area contributed by atoms with E-state index in [0.29, 0.717) is 0 Å². The number of methoxy groups -OCH3 is 1. The van der Waals surface area contributed by atoms with Crippen LogP contribution < -0.4 is 5.32 Å². The number of Topliss-reactive ketones (excluding diaryl/α,β-unsaturated/α-hetero) is 1. The van der Waals surface area contributed by atoms with Gasteiger partial charge < -0.3 is 14.8 Å². The average molecular weight is 401 g/mol. The van der Waals surface area contributed by atoms with E-state index in [9.17, 15) is 27.4 Å². The summed E-state index contributed by atoms with van der Waals surface area (Å²) in [6.07, 6.45) is -0.835. The van der Waals surface area contributed by atoms with E-state index < -0.39 is 38.9 Å². The Hall–Kier alpha value is -2.30. The van der Waals surface area contributed by atoms with Gasteiger partial charge in [-0.3, -0.25) is 14.1 Å². The molecule has 0 bridgehead atoms. The van der Waals surface area contributed by atoms with E-state index >= 15 is 0 Å². The van der Waals surface area contributed by atoms with Gasteiger partial charge in [0.1, 0.15) is 10.7 Å². The van der Waals surface area contributed by atoms with Crippen LogP contribution in [0.5, 0.6) is 0 Å². The van der Waals surface area contributed by atoms with Crippen LogP contribution in [0, 0.1) is 5.92 Å². The predicted molar refractivity (Wildman–Crippen MR) is 95.7 cm³/mol. The molecule has 9 nitrogen and oxygen atoms in total. The molecule has 0 radical (unpaired) electrons. The summed E-state index contributed by atoms with van der Waals surface area (Å²) in [4.78, 5) is 35.0. The molecule has 1 rings (SSSR count). The van der Waals surface area contributed by atoms with Gasteiger partial charge in [-0.15, -0.1) is 0 Å². The van der Waals surface area contributed by atoms with Gasteiger partial charge in [0.15, 0.2) is 6.10 Å². The van der Waals surface area contributed by atoms with Gasteiger partial charge in [-0.25, -0.2) is 4.79 Å². The summed E-state index contributed by atoms with van der Waals surface area (Å²) in [6.45, 7) is 2.76. The van der Waals surface area contributed by atoms with Gasteiger partial charge in [-0.2, -0.15) is 8.42 Å². The van der Waals surface area contributed by atoms with Crippen molar-refractivity contribution in [2.45, 2.75) is 37.7 Å². The third kappa shape index (κ3) is 7.45. The maximum atomic E-state index is 12.2. The predicted octanol–water partition coefficient (Wildman–Crippen LogP) is 1.44. The molecule has 1 aromatic rings. The number of hydrogen-bond donors (Lipinski definition) is 2. The monoisotopic (exact) mass is 401 g/mol. The molecule has 0 aliphatic rings. The van der Waals surface area contributed by atoms with Crippen LogP contribution in [0.15, 0.2) is 29.2 Å². The zero-order chi connectivity index (χ0) is 20.6. The first-order valence-corrected chi connectivity index (χ1v) is 9.56. The highest BCUT2D eigenvalue weighted by atomic mass is 32.2. The van der Waals surface area contributed by atoms with Crippen LogP contribution >= 0.6 is 0 Å². The van der Waals surface area contributed by atoms with E-state index in [-0.39, 0.29) is 30.9 Å². The fraction of sp³-hybridized carbons (Fsp3) is 0.471. The number of carbonyl (C=O) groups is 3. The number of ketones is 1. The first-order valence-electron chi connectivity index (χ1n) is 8.12. The summed E-state index contributed by atoms with van der Waals surface area (Å²) < 4.78 is 41.7. The fourth-order valence-electron chi connectivity index (χ4n) is 2.18. The molecule has 0 fully saturated rings. The largest absolute Gasteiger partial charge is 0.464 e. The van der Waals surface area contributed by atoms with Crippen molar-refractivity contribution in [1.82, 2.24) is 0 Å². The summed E-state index contributed by atoms with van der Waals surface area (Å²) in [5.41, 5.74) is -0.0901. The Morgan fingerprint density at radius 1 is 1.22 bits per heavy atom. The van der Waals surface area contributed by atoms with E-state index in [4.69, 9.17) is 9.47 Å².